The van der Waals surface area contributed by atoms with Crippen molar-refractivity contribution in [2.75, 3.05) is 40.9 Å². The van der Waals surface area contributed by atoms with Crippen molar-refractivity contribution in [2.24, 2.45) is 0 Å². The van der Waals surface area contributed by atoms with Gasteiger partial charge < -0.3 is 19.8 Å². The number of allylic oxidation sites excluding steroid dienone is 5. The highest BCUT2D eigenvalue weighted by Gasteiger charge is 2.27. The Balaban J connectivity index is 4.16. The minimum atomic E-state index is -4.36. The van der Waals surface area contributed by atoms with Crippen molar-refractivity contribution in [3.8, 4) is 0 Å². The van der Waals surface area contributed by atoms with Crippen molar-refractivity contribution in [3.63, 3.8) is 0 Å². The fourth-order valence-electron chi connectivity index (χ4n) is 9.25. The zero-order valence-corrected chi connectivity index (χ0v) is 48.9. The van der Waals surface area contributed by atoms with Crippen molar-refractivity contribution >= 4 is 13.7 Å². The molecule has 420 valence electrons. The molecule has 1 amide bonds. The van der Waals surface area contributed by atoms with E-state index in [2.05, 4.69) is 43.5 Å². The Morgan fingerprint density at radius 3 is 1.13 bits per heavy atom. The van der Waals surface area contributed by atoms with Gasteiger partial charge in [0.05, 0.1) is 39.9 Å². The maximum absolute atomic E-state index is 13.0. The first-order valence-electron chi connectivity index (χ1n) is 30.9. The summed E-state index contributed by atoms with van der Waals surface area (Å²) in [6.45, 7) is 4.83. The van der Waals surface area contributed by atoms with Gasteiger partial charge in [-0.3, -0.25) is 13.8 Å². The van der Waals surface area contributed by atoms with E-state index >= 15 is 0 Å². The molecule has 0 saturated heterocycles. The lowest BCUT2D eigenvalue weighted by Crippen LogP contribution is -2.45. The van der Waals surface area contributed by atoms with Crippen LogP contribution in [0.15, 0.2) is 36.5 Å². The predicted octanol–water partition coefficient (Wildman–Crippen LogP) is 18.9. The summed E-state index contributed by atoms with van der Waals surface area (Å²) in [6.07, 6.45) is 69.8. The van der Waals surface area contributed by atoms with E-state index in [1.54, 1.807) is 6.08 Å². The number of nitrogens with zero attached hydrogens (tertiary/aromatic N) is 1. The largest absolute Gasteiger partial charge is 0.472 e. The van der Waals surface area contributed by atoms with Crippen LogP contribution >= 0.6 is 7.82 Å². The fraction of sp³-hybridized carbons (Fsp3) is 0.887. The van der Waals surface area contributed by atoms with Gasteiger partial charge in [0.1, 0.15) is 13.2 Å². The van der Waals surface area contributed by atoms with Gasteiger partial charge in [0, 0.05) is 6.42 Å². The maximum atomic E-state index is 13.0. The molecule has 0 aromatic carbocycles. The Kier molecular flexibility index (Phi) is 52.6. The number of hydrogen-bond donors (Lipinski definition) is 3. The molecule has 0 saturated carbocycles. The minimum absolute atomic E-state index is 0.0552. The van der Waals surface area contributed by atoms with E-state index in [0.29, 0.717) is 17.4 Å². The number of carbonyl (C=O) groups excluding carboxylic acids is 1. The molecule has 0 aliphatic carbocycles. The van der Waals surface area contributed by atoms with E-state index in [1.165, 1.54) is 238 Å². The number of quaternary nitrogens is 1. The van der Waals surface area contributed by atoms with Crippen molar-refractivity contribution in [1.29, 1.82) is 0 Å². The molecule has 0 spiro atoms. The van der Waals surface area contributed by atoms with Gasteiger partial charge in [-0.25, -0.2) is 4.57 Å². The smallest absolute Gasteiger partial charge is 0.387 e. The van der Waals surface area contributed by atoms with Crippen LogP contribution in [0, 0.1) is 0 Å². The summed E-state index contributed by atoms with van der Waals surface area (Å²) in [5.74, 6) is -0.185. The van der Waals surface area contributed by atoms with Crippen molar-refractivity contribution in [1.82, 2.24) is 5.32 Å². The number of aliphatic hydroxyl groups excluding tert-OH is 1. The van der Waals surface area contributed by atoms with E-state index in [0.717, 1.165) is 44.9 Å². The van der Waals surface area contributed by atoms with Gasteiger partial charge in [-0.15, -0.1) is 0 Å². The number of aliphatic hydroxyl groups is 1. The van der Waals surface area contributed by atoms with Gasteiger partial charge in [-0.05, 0) is 44.9 Å². The van der Waals surface area contributed by atoms with Crippen LogP contribution in [-0.4, -0.2) is 73.4 Å². The number of amides is 1. The number of phosphoric ester groups is 1. The van der Waals surface area contributed by atoms with E-state index < -0.39 is 20.0 Å². The molecule has 0 aliphatic heterocycles. The molecule has 0 fully saturated rings. The number of rotatable bonds is 57. The molecule has 0 heterocycles. The third kappa shape index (κ3) is 56.3. The van der Waals surface area contributed by atoms with Crippen LogP contribution in [0.25, 0.3) is 0 Å². The first-order chi connectivity index (χ1) is 34.5. The zero-order valence-electron chi connectivity index (χ0n) is 48.0. The van der Waals surface area contributed by atoms with E-state index in [-0.39, 0.29) is 19.1 Å². The van der Waals surface area contributed by atoms with Crippen LogP contribution in [0.4, 0.5) is 0 Å². The van der Waals surface area contributed by atoms with Crippen LogP contribution in [0.2, 0.25) is 0 Å². The summed E-state index contributed by atoms with van der Waals surface area (Å²) in [5, 5.41) is 13.9. The number of nitrogens with one attached hydrogen (secondary N) is 1. The normalized spacial score (nSPS) is 14.1. The van der Waals surface area contributed by atoms with Crippen molar-refractivity contribution in [2.45, 2.75) is 315 Å². The standard InChI is InChI=1S/C62H121N2O6P/c1-6-8-10-12-14-16-18-20-22-24-26-28-29-30-31-32-33-34-36-38-40-42-44-46-48-50-52-54-56-62(66)63-60(59-70-71(67,68)69-58-57-64(3,4)5)61(65)55-53-51-49-47-45-43-41-39-37-35-27-25-23-21-19-17-15-13-11-9-7-2/h37,39,45,47,53,55,60-61,65H,6-36,38,40-44,46,48-52,54,56-59H2,1-5H3,(H-,63,66,67,68)/p+1/b39-37+,47-45+,55-53+. The minimum Gasteiger partial charge on any atom is -0.387 e. The Bertz CT molecular complexity index is 1250. The average molecular weight is 1020 g/mol. The Labute approximate surface area is 442 Å². The van der Waals surface area contributed by atoms with Crippen LogP contribution < -0.4 is 5.32 Å². The molecule has 8 nitrogen and oxygen atoms in total. The molecule has 0 radical (unpaired) electrons. The zero-order chi connectivity index (χ0) is 52.0. The SMILES string of the molecule is CCCCCCCCCCCCC/C=C/CC/C=C/CC/C=C/C(O)C(COP(=O)(O)OCC[N+](C)(C)C)NC(=O)CCCCCCCCCCCCCCCCCCCCCCCCCCCCCC. The number of unbranched alkanes of at least 4 members (excludes halogenated alkanes) is 40. The Hall–Kier alpha value is -1.28. The molecule has 0 aromatic heterocycles. The molecule has 3 atom stereocenters. The van der Waals surface area contributed by atoms with Crippen LogP contribution in [0.5, 0.6) is 0 Å². The maximum Gasteiger partial charge on any atom is 0.472 e. The van der Waals surface area contributed by atoms with Gasteiger partial charge in [0.2, 0.25) is 5.91 Å². The number of likely N-dealkylation sites (N-methyl/N-ethyl adjacent to an activating group) is 1. The van der Waals surface area contributed by atoms with Crippen LogP contribution in [0.1, 0.15) is 303 Å². The van der Waals surface area contributed by atoms with E-state index in [1.807, 2.05) is 27.2 Å². The van der Waals surface area contributed by atoms with Gasteiger partial charge in [-0.2, -0.15) is 0 Å². The molecule has 9 heteroatoms. The molecule has 0 aliphatic rings. The highest BCUT2D eigenvalue weighted by atomic mass is 31.2. The third-order valence-electron chi connectivity index (χ3n) is 14.1. The monoisotopic (exact) mass is 1020 g/mol. The topological polar surface area (TPSA) is 105 Å². The predicted molar refractivity (Wildman–Crippen MR) is 309 cm³/mol. The lowest BCUT2D eigenvalue weighted by Gasteiger charge is -2.25. The summed E-state index contributed by atoms with van der Waals surface area (Å²) in [7, 11) is 1.56. The fourth-order valence-corrected chi connectivity index (χ4v) is 9.99. The lowest BCUT2D eigenvalue weighted by molar-refractivity contribution is -0.870. The molecule has 0 bridgehead atoms. The molecular weight excluding hydrogens is 900 g/mol. The first kappa shape index (κ1) is 69.7. The van der Waals surface area contributed by atoms with Gasteiger partial charge >= 0.3 is 7.82 Å². The summed E-state index contributed by atoms with van der Waals surface area (Å²) < 4.78 is 23.7. The molecule has 3 N–H and O–H groups in total. The van der Waals surface area contributed by atoms with E-state index in [4.69, 9.17) is 9.05 Å². The summed E-state index contributed by atoms with van der Waals surface area (Å²) in [6, 6.07) is -0.868. The second-order valence-corrected chi connectivity index (χ2v) is 23.9. The summed E-state index contributed by atoms with van der Waals surface area (Å²) in [4.78, 5) is 23.3. The molecule has 71 heavy (non-hydrogen) atoms. The Morgan fingerprint density at radius 2 is 0.775 bits per heavy atom. The molecular formula is C62H122N2O6P+. The van der Waals surface area contributed by atoms with Gasteiger partial charge in [0.25, 0.3) is 0 Å². The quantitative estimate of drug-likeness (QED) is 0.0243. The van der Waals surface area contributed by atoms with Gasteiger partial charge in [0.15, 0.2) is 0 Å². The van der Waals surface area contributed by atoms with Crippen LogP contribution in [0.3, 0.4) is 0 Å². The molecule has 3 unspecified atom stereocenters. The molecule has 0 aromatic rings. The average Bonchev–Trinajstić information content (AvgIpc) is 3.33. The van der Waals surface area contributed by atoms with Crippen molar-refractivity contribution in [3.05, 3.63) is 36.5 Å². The second-order valence-electron chi connectivity index (χ2n) is 22.4. The van der Waals surface area contributed by atoms with Gasteiger partial charge in [-0.1, -0.05) is 288 Å². The highest BCUT2D eigenvalue weighted by molar-refractivity contribution is 7.47. The second kappa shape index (κ2) is 53.5. The summed E-state index contributed by atoms with van der Waals surface area (Å²) in [5.41, 5.74) is 0. The molecule has 0 rings (SSSR count). The Morgan fingerprint density at radius 1 is 0.465 bits per heavy atom. The number of carbonyl (C=O) groups is 1. The number of phosphoric acid groups is 1. The number of hydrogen-bond acceptors (Lipinski definition) is 5. The van der Waals surface area contributed by atoms with Crippen molar-refractivity contribution < 1.29 is 32.9 Å². The van der Waals surface area contributed by atoms with E-state index in [9.17, 15) is 19.4 Å². The lowest BCUT2D eigenvalue weighted by atomic mass is 10.0. The highest BCUT2D eigenvalue weighted by Crippen LogP contribution is 2.43. The summed E-state index contributed by atoms with van der Waals surface area (Å²) >= 11 is 0. The van der Waals surface area contributed by atoms with Crippen LogP contribution in [-0.2, 0) is 18.4 Å². The third-order valence-corrected chi connectivity index (χ3v) is 15.1. The first-order valence-corrected chi connectivity index (χ1v) is 32.4.